The minimum absolute atomic E-state index is 0.171. The zero-order valence-electron chi connectivity index (χ0n) is 10.1. The van der Waals surface area contributed by atoms with Crippen molar-refractivity contribution in [2.75, 3.05) is 5.32 Å². The van der Waals surface area contributed by atoms with Crippen molar-refractivity contribution in [3.63, 3.8) is 0 Å². The average molecular weight is 407 g/mol. The molecule has 1 amide bonds. The first-order valence-electron chi connectivity index (χ1n) is 5.63. The van der Waals surface area contributed by atoms with Gasteiger partial charge in [0.1, 0.15) is 5.69 Å². The molecule has 0 unspecified atom stereocenters. The number of aryl methyl sites for hydroxylation is 1. The number of benzene rings is 1. The lowest BCUT2D eigenvalue weighted by Gasteiger charge is -2.09. The highest BCUT2D eigenvalue weighted by molar-refractivity contribution is 9.10. The maximum atomic E-state index is 12.3. The molecule has 1 heterocycles. The van der Waals surface area contributed by atoms with Crippen LogP contribution in [0.3, 0.4) is 0 Å². The first-order valence-corrected chi connectivity index (χ1v) is 7.59. The molecular weight excluding hydrogens is 395 g/mol. The normalized spacial score (nSPS) is 10.5. The van der Waals surface area contributed by atoms with Gasteiger partial charge in [0.2, 0.25) is 0 Å². The predicted octanol–water partition coefficient (Wildman–Crippen LogP) is 4.94. The predicted molar refractivity (Wildman–Crippen MR) is 84.9 cm³/mol. The van der Waals surface area contributed by atoms with E-state index in [0.29, 0.717) is 16.4 Å². The number of aromatic nitrogens is 1. The number of halogens is 3. The standard InChI is InChI=1S/C13H11Br2ClN2O/c1-2-18-7-8(14)5-12(18)13(19)17-11-6-9(16)3-4-10(11)15/h3-7H,2H2,1H3,(H,17,19). The van der Waals surface area contributed by atoms with Crippen LogP contribution in [0.25, 0.3) is 0 Å². The average Bonchev–Trinajstić information content (AvgIpc) is 2.75. The van der Waals surface area contributed by atoms with E-state index in [1.165, 1.54) is 0 Å². The lowest BCUT2D eigenvalue weighted by molar-refractivity contribution is 0.101. The third-order valence-corrected chi connectivity index (χ3v) is 3.97. The second-order valence-corrected chi connectivity index (χ2v) is 6.11. The first-order chi connectivity index (χ1) is 9.01. The quantitative estimate of drug-likeness (QED) is 0.770. The van der Waals surface area contributed by atoms with E-state index in [2.05, 4.69) is 37.2 Å². The number of carbonyl (C=O) groups excluding carboxylic acids is 1. The van der Waals surface area contributed by atoms with E-state index < -0.39 is 0 Å². The summed E-state index contributed by atoms with van der Waals surface area (Å²) < 4.78 is 3.54. The number of amides is 1. The van der Waals surface area contributed by atoms with Crippen LogP contribution in [-0.4, -0.2) is 10.5 Å². The minimum Gasteiger partial charge on any atom is -0.343 e. The van der Waals surface area contributed by atoms with E-state index in [1.807, 2.05) is 17.7 Å². The Labute approximate surface area is 133 Å². The summed E-state index contributed by atoms with van der Waals surface area (Å²) in [7, 11) is 0. The Morgan fingerprint density at radius 3 is 2.79 bits per heavy atom. The zero-order valence-corrected chi connectivity index (χ0v) is 14.0. The van der Waals surface area contributed by atoms with E-state index in [9.17, 15) is 4.79 Å². The Hall–Kier alpha value is -0.780. The van der Waals surface area contributed by atoms with Gasteiger partial charge in [-0.05, 0) is 63.0 Å². The summed E-state index contributed by atoms with van der Waals surface area (Å²) in [5.41, 5.74) is 1.25. The topological polar surface area (TPSA) is 34.0 Å². The molecule has 0 bridgehead atoms. The summed E-state index contributed by atoms with van der Waals surface area (Å²) in [6, 6.07) is 7.05. The third kappa shape index (κ3) is 3.41. The van der Waals surface area contributed by atoms with Gasteiger partial charge in [0, 0.05) is 26.7 Å². The Morgan fingerprint density at radius 2 is 2.11 bits per heavy atom. The summed E-state index contributed by atoms with van der Waals surface area (Å²) >= 11 is 12.7. The second-order valence-electron chi connectivity index (χ2n) is 3.91. The molecule has 0 saturated carbocycles. The van der Waals surface area contributed by atoms with Crippen molar-refractivity contribution < 1.29 is 4.79 Å². The van der Waals surface area contributed by atoms with Crippen LogP contribution in [0.4, 0.5) is 5.69 Å². The fourth-order valence-corrected chi connectivity index (χ4v) is 2.69. The highest BCUT2D eigenvalue weighted by Crippen LogP contribution is 2.26. The zero-order chi connectivity index (χ0) is 14.0. The molecular formula is C13H11Br2ClN2O. The van der Waals surface area contributed by atoms with Crippen molar-refractivity contribution in [3.8, 4) is 0 Å². The summed E-state index contributed by atoms with van der Waals surface area (Å²) in [6.07, 6.45) is 1.88. The number of nitrogens with one attached hydrogen (secondary N) is 1. The molecule has 2 rings (SSSR count). The highest BCUT2D eigenvalue weighted by Gasteiger charge is 2.13. The minimum atomic E-state index is -0.171. The van der Waals surface area contributed by atoms with Crippen LogP contribution in [0.5, 0.6) is 0 Å². The number of rotatable bonds is 3. The molecule has 3 nitrogen and oxygen atoms in total. The summed E-state index contributed by atoms with van der Waals surface area (Å²) in [6.45, 7) is 2.71. The Morgan fingerprint density at radius 1 is 1.37 bits per heavy atom. The molecule has 0 fully saturated rings. The van der Waals surface area contributed by atoms with Gasteiger partial charge in [-0.1, -0.05) is 11.6 Å². The number of hydrogen-bond donors (Lipinski definition) is 1. The molecule has 0 saturated heterocycles. The Kier molecular flexibility index (Phi) is 4.71. The summed E-state index contributed by atoms with van der Waals surface area (Å²) in [5, 5.41) is 3.42. The number of anilines is 1. The Balaban J connectivity index is 2.27. The molecule has 2 aromatic rings. The number of hydrogen-bond acceptors (Lipinski definition) is 1. The molecule has 0 spiro atoms. The third-order valence-electron chi connectivity index (χ3n) is 2.61. The van der Waals surface area contributed by atoms with Crippen molar-refractivity contribution >= 4 is 55.1 Å². The molecule has 100 valence electrons. The highest BCUT2D eigenvalue weighted by atomic mass is 79.9. The fraction of sp³-hybridized carbons (Fsp3) is 0.154. The smallest absolute Gasteiger partial charge is 0.272 e. The van der Waals surface area contributed by atoms with Crippen LogP contribution in [0, 0.1) is 0 Å². The van der Waals surface area contributed by atoms with Crippen LogP contribution >= 0.6 is 43.5 Å². The van der Waals surface area contributed by atoms with Crippen molar-refractivity contribution in [1.82, 2.24) is 4.57 Å². The van der Waals surface area contributed by atoms with Gasteiger partial charge in [-0.25, -0.2) is 0 Å². The van der Waals surface area contributed by atoms with Crippen LogP contribution in [0.15, 0.2) is 39.4 Å². The van der Waals surface area contributed by atoms with Crippen molar-refractivity contribution in [2.45, 2.75) is 13.5 Å². The molecule has 0 atom stereocenters. The lowest BCUT2D eigenvalue weighted by atomic mass is 10.3. The molecule has 6 heteroatoms. The maximum absolute atomic E-state index is 12.3. The molecule has 1 aromatic heterocycles. The molecule has 0 aliphatic heterocycles. The number of nitrogens with zero attached hydrogens (tertiary/aromatic N) is 1. The van der Waals surface area contributed by atoms with E-state index >= 15 is 0 Å². The van der Waals surface area contributed by atoms with E-state index in [0.717, 1.165) is 15.5 Å². The molecule has 0 aliphatic rings. The number of carbonyl (C=O) groups is 1. The van der Waals surface area contributed by atoms with Gasteiger partial charge in [-0.3, -0.25) is 4.79 Å². The van der Waals surface area contributed by atoms with Gasteiger partial charge in [-0.2, -0.15) is 0 Å². The van der Waals surface area contributed by atoms with Crippen LogP contribution in [0.1, 0.15) is 17.4 Å². The van der Waals surface area contributed by atoms with Gasteiger partial charge in [0.15, 0.2) is 0 Å². The Bertz CT molecular complexity index is 625. The molecule has 19 heavy (non-hydrogen) atoms. The van der Waals surface area contributed by atoms with E-state index in [4.69, 9.17) is 11.6 Å². The molecule has 1 N–H and O–H groups in total. The molecule has 1 aromatic carbocycles. The fourth-order valence-electron chi connectivity index (χ4n) is 1.71. The summed E-state index contributed by atoms with van der Waals surface area (Å²) in [4.78, 5) is 12.3. The first kappa shape index (κ1) is 14.6. The van der Waals surface area contributed by atoms with Gasteiger partial charge < -0.3 is 9.88 Å². The maximum Gasteiger partial charge on any atom is 0.272 e. The van der Waals surface area contributed by atoms with E-state index in [1.54, 1.807) is 24.3 Å². The molecule has 0 radical (unpaired) electrons. The van der Waals surface area contributed by atoms with Gasteiger partial charge in [-0.15, -0.1) is 0 Å². The lowest BCUT2D eigenvalue weighted by Crippen LogP contribution is -2.16. The van der Waals surface area contributed by atoms with Crippen LogP contribution < -0.4 is 5.32 Å². The largest absolute Gasteiger partial charge is 0.343 e. The SMILES string of the molecule is CCn1cc(Br)cc1C(=O)Nc1cc(Cl)ccc1Br. The van der Waals surface area contributed by atoms with Crippen LogP contribution in [-0.2, 0) is 6.54 Å². The monoisotopic (exact) mass is 404 g/mol. The van der Waals surface area contributed by atoms with Crippen LogP contribution in [0.2, 0.25) is 5.02 Å². The van der Waals surface area contributed by atoms with Crippen molar-refractivity contribution in [3.05, 3.63) is 50.1 Å². The van der Waals surface area contributed by atoms with Gasteiger partial charge in [0.25, 0.3) is 5.91 Å². The second kappa shape index (κ2) is 6.11. The van der Waals surface area contributed by atoms with Crippen molar-refractivity contribution in [2.24, 2.45) is 0 Å². The van der Waals surface area contributed by atoms with Gasteiger partial charge >= 0.3 is 0 Å². The molecule has 0 aliphatic carbocycles. The summed E-state index contributed by atoms with van der Waals surface area (Å²) in [5.74, 6) is -0.171. The van der Waals surface area contributed by atoms with Crippen molar-refractivity contribution in [1.29, 1.82) is 0 Å². The van der Waals surface area contributed by atoms with Gasteiger partial charge in [0.05, 0.1) is 5.69 Å². The van der Waals surface area contributed by atoms with E-state index in [-0.39, 0.29) is 5.91 Å².